The second-order valence-electron chi connectivity index (χ2n) is 13.1. The Balaban J connectivity index is 1.41. The Hall–Kier alpha value is -3.45. The summed E-state index contributed by atoms with van der Waals surface area (Å²) in [6, 6.07) is 11.7. The summed E-state index contributed by atoms with van der Waals surface area (Å²) >= 11 is 0. The molecule has 0 saturated heterocycles. The molecule has 2 atom stereocenters. The highest BCUT2D eigenvalue weighted by molar-refractivity contribution is 7.86. The smallest absolute Gasteiger partial charge is 0.335 e. The molecule has 0 radical (unpaired) electrons. The third-order valence-corrected chi connectivity index (χ3v) is 11.6. The van der Waals surface area contributed by atoms with Crippen LogP contribution in [0.5, 0.6) is 5.75 Å². The van der Waals surface area contributed by atoms with Crippen molar-refractivity contribution in [3.63, 3.8) is 0 Å². The van der Waals surface area contributed by atoms with Crippen LogP contribution in [0.4, 0.5) is 0 Å². The van der Waals surface area contributed by atoms with Crippen molar-refractivity contribution in [3.8, 4) is 17.0 Å². The summed E-state index contributed by atoms with van der Waals surface area (Å²) in [5.74, 6) is 0.112. The fourth-order valence-electron chi connectivity index (χ4n) is 7.93. The van der Waals surface area contributed by atoms with Gasteiger partial charge in [0, 0.05) is 56.1 Å². The summed E-state index contributed by atoms with van der Waals surface area (Å²) < 4.78 is 37.6. The van der Waals surface area contributed by atoms with E-state index < -0.39 is 21.6 Å². The summed E-state index contributed by atoms with van der Waals surface area (Å²) in [7, 11) is 1.05. The number of rotatable bonds is 11. The lowest BCUT2D eigenvalue weighted by atomic mass is 9.56. The van der Waals surface area contributed by atoms with Gasteiger partial charge in [-0.25, -0.2) is 9.93 Å². The second-order valence-corrected chi connectivity index (χ2v) is 14.8. The van der Waals surface area contributed by atoms with Crippen molar-refractivity contribution >= 4 is 33.0 Å². The normalized spacial score (nSPS) is 21.2. The predicted molar refractivity (Wildman–Crippen MR) is 175 cm³/mol. The lowest BCUT2D eigenvalue weighted by Crippen LogP contribution is -2.53. The minimum absolute atomic E-state index is 0.0195. The Kier molecular flexibility index (Phi) is 8.92. The number of benzene rings is 2. The highest BCUT2D eigenvalue weighted by Gasteiger charge is 2.57. The fourth-order valence-corrected chi connectivity index (χ4v) is 8.26. The van der Waals surface area contributed by atoms with Crippen LogP contribution >= 0.6 is 0 Å². The molecule has 1 aliphatic heterocycles. The van der Waals surface area contributed by atoms with Crippen molar-refractivity contribution in [2.75, 3.05) is 47.5 Å². The van der Waals surface area contributed by atoms with Crippen LogP contribution in [0.1, 0.15) is 78.3 Å². The molecule has 12 heteroatoms. The first-order valence-electron chi connectivity index (χ1n) is 16.1. The average molecular weight is 653 g/mol. The van der Waals surface area contributed by atoms with Gasteiger partial charge in [0.2, 0.25) is 5.91 Å². The molecule has 0 spiro atoms. The molecule has 2 unspecified atom stereocenters. The fraction of sp³-hybridized carbons (Fsp3) is 0.529. The molecule has 0 bridgehead atoms. The molecule has 3 N–H and O–H groups in total. The van der Waals surface area contributed by atoms with Crippen LogP contribution in [-0.4, -0.2) is 86.7 Å². The molecular weight excluding hydrogens is 608 g/mol. The van der Waals surface area contributed by atoms with Crippen LogP contribution in [0.2, 0.25) is 0 Å². The average Bonchev–Trinajstić information content (AvgIpc) is 3.31. The van der Waals surface area contributed by atoms with Gasteiger partial charge in [0.25, 0.3) is 10.2 Å². The van der Waals surface area contributed by atoms with E-state index in [1.54, 1.807) is 31.2 Å². The molecule has 11 nitrogen and oxygen atoms in total. The number of likely N-dealkylation sites (N-methyl/N-ethyl adjacent to an activating group) is 2. The monoisotopic (exact) mass is 652 g/mol. The quantitative estimate of drug-likeness (QED) is 0.289. The van der Waals surface area contributed by atoms with Gasteiger partial charge in [-0.15, -0.1) is 0 Å². The van der Waals surface area contributed by atoms with Gasteiger partial charge in [-0.3, -0.25) is 4.79 Å². The zero-order valence-corrected chi connectivity index (χ0v) is 27.6. The number of ether oxygens (including phenoxy) is 2. The number of carboxylic acids is 1. The van der Waals surface area contributed by atoms with Crippen molar-refractivity contribution < 1.29 is 32.6 Å². The number of methoxy groups -OCH3 is 1. The lowest BCUT2D eigenvalue weighted by Gasteiger charge is -2.49. The minimum Gasteiger partial charge on any atom is -0.497 e. The zero-order valence-electron chi connectivity index (χ0n) is 26.8. The van der Waals surface area contributed by atoms with Gasteiger partial charge in [0.05, 0.1) is 37.0 Å². The number of hydrogen-bond donors (Lipinski definition) is 2. The molecule has 2 aromatic carbocycles. The number of carbonyl (C=O) groups excluding carboxylic acids is 1. The van der Waals surface area contributed by atoms with E-state index in [9.17, 15) is 23.1 Å². The molecule has 3 aliphatic rings. The first-order valence-corrected chi connectivity index (χ1v) is 17.6. The first kappa shape index (κ1) is 32.5. The number of nitrogens with two attached hydrogens (primary N) is 1. The second kappa shape index (κ2) is 12.6. The molecule has 2 fully saturated rings. The van der Waals surface area contributed by atoms with E-state index in [2.05, 4.69) is 16.7 Å². The summed E-state index contributed by atoms with van der Waals surface area (Å²) in [6.45, 7) is 1.31. The molecular formula is C34H44N4O7S. The molecule has 2 saturated carbocycles. The number of amides is 1. The molecule has 2 heterocycles. The van der Waals surface area contributed by atoms with Crippen LogP contribution in [0.3, 0.4) is 0 Å². The standard InChI is InChI=1S/C34H44N4O7S/c1-36(15-17-45-18-16-37(2)46(35,42)43)33(41)34-14-13-28(34)27-20-24(44-3)10-12-25(27)31-30(22-7-5-4-6-8-22)26-11-9-23(32(39)40)19-29(26)38(31)21-34/h9-12,19-20,22,28H,4-8,13-18,21H2,1-3H3,(H,39,40)(H2,35,42,43). The van der Waals surface area contributed by atoms with Crippen LogP contribution < -0.4 is 9.88 Å². The van der Waals surface area contributed by atoms with E-state index in [4.69, 9.17) is 14.6 Å². The van der Waals surface area contributed by atoms with Gasteiger partial charge in [-0.05, 0) is 73.1 Å². The van der Waals surface area contributed by atoms with E-state index in [1.165, 1.54) is 19.0 Å². The van der Waals surface area contributed by atoms with Crippen molar-refractivity contribution in [3.05, 3.63) is 53.1 Å². The van der Waals surface area contributed by atoms with E-state index in [0.717, 1.165) is 69.9 Å². The molecule has 46 heavy (non-hydrogen) atoms. The first-order chi connectivity index (χ1) is 22.0. The van der Waals surface area contributed by atoms with Gasteiger partial charge in [-0.1, -0.05) is 25.3 Å². The third-order valence-electron chi connectivity index (χ3n) is 10.6. The molecule has 1 aromatic heterocycles. The largest absolute Gasteiger partial charge is 0.497 e. The summed E-state index contributed by atoms with van der Waals surface area (Å²) in [4.78, 5) is 28.4. The summed E-state index contributed by atoms with van der Waals surface area (Å²) in [6.07, 6.45) is 7.28. The maximum absolute atomic E-state index is 14.6. The number of fused-ring (bicyclic) bond motifs is 7. The number of aromatic nitrogens is 1. The van der Waals surface area contributed by atoms with Gasteiger partial charge in [0.1, 0.15) is 5.75 Å². The van der Waals surface area contributed by atoms with E-state index in [0.29, 0.717) is 25.4 Å². The number of hydrogen-bond acceptors (Lipinski definition) is 6. The van der Waals surface area contributed by atoms with Crippen molar-refractivity contribution in [1.82, 2.24) is 13.8 Å². The van der Waals surface area contributed by atoms with Crippen LogP contribution in [-0.2, 0) is 26.3 Å². The Morgan fingerprint density at radius 3 is 2.43 bits per heavy atom. The third kappa shape index (κ3) is 5.69. The number of carboxylic acid groups (broad SMARTS) is 1. The Labute approximate surface area is 270 Å². The highest BCUT2D eigenvalue weighted by Crippen LogP contribution is 2.61. The van der Waals surface area contributed by atoms with Crippen LogP contribution in [0, 0.1) is 5.41 Å². The van der Waals surface area contributed by atoms with Crippen molar-refractivity contribution in [2.24, 2.45) is 10.6 Å². The SMILES string of the molecule is COc1ccc2c(c1)C1CCC1(C(=O)N(C)CCOCCN(C)S(N)(=O)=O)Cn1c-2c(C2CCCCC2)c2ccc(C(=O)O)cc21. The van der Waals surface area contributed by atoms with Gasteiger partial charge in [-0.2, -0.15) is 12.7 Å². The summed E-state index contributed by atoms with van der Waals surface area (Å²) in [5.41, 5.74) is 4.94. The van der Waals surface area contributed by atoms with E-state index >= 15 is 0 Å². The number of nitrogens with zero attached hydrogens (tertiary/aromatic N) is 3. The van der Waals surface area contributed by atoms with Gasteiger partial charge >= 0.3 is 5.97 Å². The maximum Gasteiger partial charge on any atom is 0.335 e. The predicted octanol–water partition coefficient (Wildman–Crippen LogP) is 4.55. The highest BCUT2D eigenvalue weighted by atomic mass is 32.2. The van der Waals surface area contributed by atoms with E-state index in [-0.39, 0.29) is 37.1 Å². The number of carbonyl (C=O) groups is 2. The van der Waals surface area contributed by atoms with Gasteiger partial charge < -0.3 is 24.0 Å². The molecule has 3 aromatic rings. The molecule has 6 rings (SSSR count). The molecule has 1 amide bonds. The number of aromatic carboxylic acids is 1. The van der Waals surface area contributed by atoms with E-state index in [1.807, 2.05) is 12.1 Å². The molecule has 248 valence electrons. The van der Waals surface area contributed by atoms with Crippen LogP contribution in [0.25, 0.3) is 22.2 Å². The lowest BCUT2D eigenvalue weighted by molar-refractivity contribution is -0.150. The van der Waals surface area contributed by atoms with Crippen LogP contribution in [0.15, 0.2) is 36.4 Å². The molecule has 2 aliphatic carbocycles. The van der Waals surface area contributed by atoms with Crippen molar-refractivity contribution in [2.45, 2.75) is 63.3 Å². The van der Waals surface area contributed by atoms with Gasteiger partial charge in [0.15, 0.2) is 0 Å². The maximum atomic E-state index is 14.6. The van der Waals surface area contributed by atoms with Crippen molar-refractivity contribution in [1.29, 1.82) is 0 Å². The summed E-state index contributed by atoms with van der Waals surface area (Å²) in [5, 5.41) is 16.2. The Morgan fingerprint density at radius 2 is 1.78 bits per heavy atom. The topological polar surface area (TPSA) is 144 Å². The minimum atomic E-state index is -3.78. The zero-order chi connectivity index (χ0) is 32.8. The Morgan fingerprint density at radius 1 is 1.04 bits per heavy atom. The Bertz CT molecular complexity index is 1760.